The lowest BCUT2D eigenvalue weighted by Crippen LogP contribution is -2.23. The van der Waals surface area contributed by atoms with E-state index in [0.29, 0.717) is 11.4 Å². The fraction of sp³-hybridized carbons (Fsp3) is 0.500. The third kappa shape index (κ3) is 3.06. The van der Waals surface area contributed by atoms with Gasteiger partial charge in [-0.2, -0.15) is 0 Å². The molecule has 0 unspecified atom stereocenters. The summed E-state index contributed by atoms with van der Waals surface area (Å²) < 4.78 is 26.1. The van der Waals surface area contributed by atoms with Crippen LogP contribution in [0, 0.1) is 0 Å². The Hall–Kier alpha value is -0.870. The van der Waals surface area contributed by atoms with Crippen LogP contribution in [-0.4, -0.2) is 15.0 Å². The fourth-order valence-electron chi connectivity index (χ4n) is 1.40. The maximum absolute atomic E-state index is 11.8. The molecule has 0 atom stereocenters. The predicted octanol–water partition coefficient (Wildman–Crippen LogP) is 2.28. The molecule has 0 aromatic heterocycles. The molecule has 0 aliphatic heterocycles. The molecule has 90 valence electrons. The first-order valence-corrected chi connectivity index (χ1v) is 6.86. The summed E-state index contributed by atoms with van der Waals surface area (Å²) in [6.07, 6.45) is 0. The molecule has 1 N–H and O–H groups in total. The third-order valence-corrected chi connectivity index (χ3v) is 3.89. The molecule has 3 nitrogen and oxygen atoms in total. The van der Waals surface area contributed by atoms with Crippen LogP contribution in [0.25, 0.3) is 0 Å². The summed E-state index contributed by atoms with van der Waals surface area (Å²) in [7, 11) is -3.34. The lowest BCUT2D eigenvalue weighted by molar-refractivity contribution is 0.577. The Kier molecular flexibility index (Phi) is 3.76. The zero-order valence-electron chi connectivity index (χ0n) is 10.2. The van der Waals surface area contributed by atoms with Gasteiger partial charge in [0.1, 0.15) is 0 Å². The summed E-state index contributed by atoms with van der Waals surface area (Å²) in [4.78, 5) is 0.335. The van der Waals surface area contributed by atoms with Gasteiger partial charge in [0.25, 0.3) is 0 Å². The van der Waals surface area contributed by atoms with Crippen LogP contribution in [0.4, 0.5) is 0 Å². The Balaban J connectivity index is 3.19. The van der Waals surface area contributed by atoms with Crippen LogP contribution < -0.4 is 4.72 Å². The van der Waals surface area contributed by atoms with Crippen molar-refractivity contribution in [3.63, 3.8) is 0 Å². The normalized spacial score (nSPS) is 12.8. The van der Waals surface area contributed by atoms with E-state index in [2.05, 4.69) is 25.5 Å². The van der Waals surface area contributed by atoms with E-state index in [9.17, 15) is 8.42 Å². The van der Waals surface area contributed by atoms with Gasteiger partial charge in [-0.15, -0.1) is 0 Å². The van der Waals surface area contributed by atoms with Gasteiger partial charge in [0.05, 0.1) is 4.90 Å². The second-order valence-electron chi connectivity index (χ2n) is 4.78. The summed E-state index contributed by atoms with van der Waals surface area (Å²) in [5, 5.41) is 0. The molecule has 4 heteroatoms. The lowest BCUT2D eigenvalue weighted by Gasteiger charge is -2.19. The van der Waals surface area contributed by atoms with Crippen LogP contribution in [0.15, 0.2) is 29.2 Å². The van der Waals surface area contributed by atoms with Crippen molar-refractivity contribution >= 4 is 10.0 Å². The topological polar surface area (TPSA) is 46.2 Å². The van der Waals surface area contributed by atoms with Crippen molar-refractivity contribution in [1.29, 1.82) is 0 Å². The smallest absolute Gasteiger partial charge is 0.211 e. The maximum atomic E-state index is 11.8. The van der Waals surface area contributed by atoms with Crippen molar-refractivity contribution in [2.75, 3.05) is 6.54 Å². The van der Waals surface area contributed by atoms with Crippen molar-refractivity contribution in [3.8, 4) is 0 Å². The van der Waals surface area contributed by atoms with Gasteiger partial charge in [0, 0.05) is 6.54 Å². The SMILES string of the molecule is CCNS(=O)(=O)c1cccc(C(C)(C)C)c1. The standard InChI is InChI=1S/C12H19NO2S/c1-5-13-16(14,15)11-8-6-7-10(9-11)12(2,3)4/h6-9,13H,5H2,1-4H3. The van der Waals surface area contributed by atoms with Crippen molar-refractivity contribution in [2.45, 2.75) is 38.0 Å². The molecule has 0 amide bonds. The first-order valence-electron chi connectivity index (χ1n) is 5.37. The van der Waals surface area contributed by atoms with E-state index in [1.807, 2.05) is 6.07 Å². The Labute approximate surface area is 97.9 Å². The number of hydrogen-bond donors (Lipinski definition) is 1. The van der Waals surface area contributed by atoms with Crippen LogP contribution in [0.3, 0.4) is 0 Å². The summed E-state index contributed by atoms with van der Waals surface area (Å²) >= 11 is 0. The number of hydrogen-bond acceptors (Lipinski definition) is 2. The Morgan fingerprint density at radius 3 is 2.38 bits per heavy atom. The van der Waals surface area contributed by atoms with Crippen LogP contribution in [-0.2, 0) is 15.4 Å². The molecule has 0 radical (unpaired) electrons. The average Bonchev–Trinajstić information content (AvgIpc) is 2.16. The number of sulfonamides is 1. The summed E-state index contributed by atoms with van der Waals surface area (Å²) in [5.41, 5.74) is 0.976. The third-order valence-electron chi connectivity index (χ3n) is 2.34. The molecular formula is C12H19NO2S. The minimum absolute atomic E-state index is 0.0439. The van der Waals surface area contributed by atoms with Crippen molar-refractivity contribution in [2.24, 2.45) is 0 Å². The molecule has 1 aromatic rings. The molecule has 0 bridgehead atoms. The van der Waals surface area contributed by atoms with E-state index in [-0.39, 0.29) is 5.41 Å². The van der Waals surface area contributed by atoms with Gasteiger partial charge in [-0.3, -0.25) is 0 Å². The number of benzene rings is 1. The second-order valence-corrected chi connectivity index (χ2v) is 6.55. The first-order chi connectivity index (χ1) is 7.27. The van der Waals surface area contributed by atoms with Crippen molar-refractivity contribution < 1.29 is 8.42 Å². The Bertz CT molecular complexity index is 458. The molecule has 0 saturated heterocycles. The van der Waals surface area contributed by atoms with E-state index < -0.39 is 10.0 Å². The maximum Gasteiger partial charge on any atom is 0.240 e. The van der Waals surface area contributed by atoms with Crippen LogP contribution in [0.5, 0.6) is 0 Å². The predicted molar refractivity (Wildman–Crippen MR) is 66.0 cm³/mol. The molecule has 16 heavy (non-hydrogen) atoms. The highest BCUT2D eigenvalue weighted by Gasteiger charge is 2.18. The van der Waals surface area contributed by atoms with Gasteiger partial charge in [0.15, 0.2) is 0 Å². The molecule has 0 spiro atoms. The highest BCUT2D eigenvalue weighted by atomic mass is 32.2. The van der Waals surface area contributed by atoms with E-state index >= 15 is 0 Å². The molecule has 1 aromatic carbocycles. The van der Waals surface area contributed by atoms with Gasteiger partial charge in [-0.25, -0.2) is 13.1 Å². The van der Waals surface area contributed by atoms with Crippen LogP contribution in [0.2, 0.25) is 0 Å². The molecule has 1 rings (SSSR count). The van der Waals surface area contributed by atoms with E-state index in [1.165, 1.54) is 0 Å². The van der Waals surface area contributed by atoms with Gasteiger partial charge < -0.3 is 0 Å². The van der Waals surface area contributed by atoms with E-state index in [4.69, 9.17) is 0 Å². The zero-order valence-corrected chi connectivity index (χ0v) is 11.1. The summed E-state index contributed by atoms with van der Waals surface area (Å²) in [6, 6.07) is 7.08. The second kappa shape index (κ2) is 4.55. The minimum atomic E-state index is -3.34. The molecule has 0 fully saturated rings. The Morgan fingerprint density at radius 2 is 1.88 bits per heavy atom. The lowest BCUT2D eigenvalue weighted by atomic mass is 9.87. The van der Waals surface area contributed by atoms with E-state index in [0.717, 1.165) is 5.56 Å². The monoisotopic (exact) mass is 241 g/mol. The van der Waals surface area contributed by atoms with E-state index in [1.54, 1.807) is 25.1 Å². The van der Waals surface area contributed by atoms with Crippen molar-refractivity contribution in [3.05, 3.63) is 29.8 Å². The quantitative estimate of drug-likeness (QED) is 0.882. The minimum Gasteiger partial charge on any atom is -0.211 e. The highest BCUT2D eigenvalue weighted by molar-refractivity contribution is 7.89. The average molecular weight is 241 g/mol. The van der Waals surface area contributed by atoms with Gasteiger partial charge >= 0.3 is 0 Å². The summed E-state index contributed by atoms with van der Waals surface area (Å²) in [5.74, 6) is 0. The molecule has 0 saturated carbocycles. The number of nitrogens with one attached hydrogen (secondary N) is 1. The van der Waals surface area contributed by atoms with Gasteiger partial charge in [0.2, 0.25) is 10.0 Å². The van der Waals surface area contributed by atoms with Crippen molar-refractivity contribution in [1.82, 2.24) is 4.72 Å². The largest absolute Gasteiger partial charge is 0.240 e. The highest BCUT2D eigenvalue weighted by Crippen LogP contribution is 2.24. The van der Waals surface area contributed by atoms with Crippen LogP contribution >= 0.6 is 0 Å². The zero-order chi connectivity index (χ0) is 12.4. The Morgan fingerprint density at radius 1 is 1.25 bits per heavy atom. The molecule has 0 aliphatic carbocycles. The fourth-order valence-corrected chi connectivity index (χ4v) is 2.49. The molecular weight excluding hydrogens is 222 g/mol. The molecule has 0 aliphatic rings. The van der Waals surface area contributed by atoms with Gasteiger partial charge in [-0.1, -0.05) is 39.8 Å². The first kappa shape index (κ1) is 13.2. The van der Waals surface area contributed by atoms with Crippen LogP contribution in [0.1, 0.15) is 33.3 Å². The summed E-state index contributed by atoms with van der Waals surface area (Å²) in [6.45, 7) is 8.36. The molecule has 0 heterocycles. The van der Waals surface area contributed by atoms with Gasteiger partial charge in [-0.05, 0) is 23.1 Å². The number of rotatable bonds is 3.